The lowest BCUT2D eigenvalue weighted by Gasteiger charge is -2.12. The van der Waals surface area contributed by atoms with Gasteiger partial charge >= 0.3 is 0 Å². The van der Waals surface area contributed by atoms with Crippen molar-refractivity contribution in [3.05, 3.63) is 71.3 Å². The molecule has 180 valence electrons. The Bertz CT molecular complexity index is 1540. The minimum absolute atomic E-state index is 0.290. The van der Waals surface area contributed by atoms with Crippen LogP contribution in [0.3, 0.4) is 0 Å². The summed E-state index contributed by atoms with van der Waals surface area (Å²) in [5.74, 6) is 0.591. The number of hydrogen-bond donors (Lipinski definition) is 1. The molecule has 0 spiro atoms. The Hall–Kier alpha value is -3.59. The summed E-state index contributed by atoms with van der Waals surface area (Å²) in [6, 6.07) is 13.1. The average Bonchev–Trinajstić information content (AvgIpc) is 3.62. The fourth-order valence-electron chi connectivity index (χ4n) is 4.29. The predicted molar refractivity (Wildman–Crippen MR) is 135 cm³/mol. The van der Waals surface area contributed by atoms with Gasteiger partial charge < -0.3 is 4.57 Å². The normalized spacial score (nSPS) is 13.8. The van der Waals surface area contributed by atoms with E-state index in [1.54, 1.807) is 18.3 Å². The van der Waals surface area contributed by atoms with Crippen LogP contribution >= 0.6 is 0 Å². The van der Waals surface area contributed by atoms with E-state index in [2.05, 4.69) is 28.1 Å². The number of benzene rings is 1. The highest BCUT2D eigenvalue weighted by Crippen LogP contribution is 2.33. The monoisotopic (exact) mass is 489 g/mol. The zero-order valence-electron chi connectivity index (χ0n) is 19.9. The van der Waals surface area contributed by atoms with Crippen molar-refractivity contribution in [1.29, 1.82) is 0 Å². The van der Waals surface area contributed by atoms with Crippen molar-refractivity contribution in [3.8, 4) is 11.3 Å². The lowest BCUT2D eigenvalue weighted by atomic mass is 10.1. The first-order valence-corrected chi connectivity index (χ1v) is 13.2. The van der Waals surface area contributed by atoms with E-state index < -0.39 is 15.1 Å². The van der Waals surface area contributed by atoms with E-state index in [0.717, 1.165) is 45.8 Å². The molecule has 1 aromatic carbocycles. The van der Waals surface area contributed by atoms with Crippen LogP contribution in [0.2, 0.25) is 0 Å². The molecular weight excluding hydrogens is 462 g/mol. The molecule has 1 aliphatic carbocycles. The third kappa shape index (κ3) is 4.55. The van der Waals surface area contributed by atoms with Crippen molar-refractivity contribution < 1.29 is 13.2 Å². The van der Waals surface area contributed by atoms with Gasteiger partial charge in [0.05, 0.1) is 17.9 Å². The van der Waals surface area contributed by atoms with Gasteiger partial charge in [0, 0.05) is 29.8 Å². The Balaban J connectivity index is 1.44. The van der Waals surface area contributed by atoms with E-state index in [1.807, 2.05) is 37.3 Å². The van der Waals surface area contributed by atoms with E-state index in [0.29, 0.717) is 30.8 Å². The van der Waals surface area contributed by atoms with Crippen molar-refractivity contribution >= 4 is 32.0 Å². The Morgan fingerprint density at radius 3 is 2.54 bits per heavy atom. The van der Waals surface area contributed by atoms with Gasteiger partial charge in [-0.05, 0) is 56.0 Å². The van der Waals surface area contributed by atoms with Crippen LogP contribution in [0.4, 0.5) is 5.69 Å². The topological polar surface area (TPSA) is 107 Å². The quantitative estimate of drug-likeness (QED) is 0.412. The first kappa shape index (κ1) is 23.2. The van der Waals surface area contributed by atoms with Crippen molar-refractivity contribution in [2.24, 2.45) is 5.92 Å². The van der Waals surface area contributed by atoms with Gasteiger partial charge in [0.1, 0.15) is 11.3 Å². The summed E-state index contributed by atoms with van der Waals surface area (Å²) in [6.45, 7) is 6.74. The summed E-state index contributed by atoms with van der Waals surface area (Å²) in [5.41, 5.74) is 6.45. The average molecular weight is 490 g/mol. The number of nitrogens with one attached hydrogen (secondary N) is 1. The molecule has 0 aliphatic heterocycles. The maximum atomic E-state index is 12.5. The van der Waals surface area contributed by atoms with Crippen LogP contribution in [0, 0.1) is 19.8 Å². The first-order chi connectivity index (χ1) is 16.8. The molecule has 8 nitrogen and oxygen atoms in total. The summed E-state index contributed by atoms with van der Waals surface area (Å²) >= 11 is 0. The number of aryl methyl sites for hydroxylation is 3. The van der Waals surface area contributed by atoms with Crippen LogP contribution in [0.25, 0.3) is 22.4 Å². The summed E-state index contributed by atoms with van der Waals surface area (Å²) < 4.78 is 29.6. The van der Waals surface area contributed by atoms with Crippen molar-refractivity contribution in [2.45, 2.75) is 46.6 Å². The molecule has 1 N–H and O–H groups in total. The molecule has 3 heterocycles. The van der Waals surface area contributed by atoms with Gasteiger partial charge in [0.15, 0.2) is 5.65 Å². The molecule has 35 heavy (non-hydrogen) atoms. The van der Waals surface area contributed by atoms with Crippen molar-refractivity contribution in [2.75, 3.05) is 4.72 Å². The van der Waals surface area contributed by atoms with E-state index in [-0.39, 0.29) is 5.92 Å². The summed E-state index contributed by atoms with van der Waals surface area (Å²) in [7, 11) is -4.10. The van der Waals surface area contributed by atoms with Crippen LogP contribution in [0.15, 0.2) is 48.7 Å². The highest BCUT2D eigenvalue weighted by Gasteiger charge is 2.38. The largest absolute Gasteiger partial charge is 0.308 e. The second-order valence-corrected chi connectivity index (χ2v) is 10.6. The highest BCUT2D eigenvalue weighted by atomic mass is 32.2. The van der Waals surface area contributed by atoms with Crippen molar-refractivity contribution in [1.82, 2.24) is 19.5 Å². The zero-order chi connectivity index (χ0) is 24.7. The Morgan fingerprint density at radius 2 is 1.86 bits per heavy atom. The van der Waals surface area contributed by atoms with Gasteiger partial charge in [0.2, 0.25) is 0 Å². The van der Waals surface area contributed by atoms with Gasteiger partial charge in [-0.1, -0.05) is 31.2 Å². The number of carbonyl (C=O) groups excluding carboxylic acids is 1. The van der Waals surface area contributed by atoms with Crippen LogP contribution in [0.5, 0.6) is 0 Å². The number of pyridine rings is 2. The molecule has 1 saturated carbocycles. The number of nitrogens with zero attached hydrogens (tertiary/aromatic N) is 4. The molecule has 0 atom stereocenters. The van der Waals surface area contributed by atoms with Gasteiger partial charge in [0.25, 0.3) is 15.1 Å². The van der Waals surface area contributed by atoms with Gasteiger partial charge in [-0.25, -0.2) is 9.97 Å². The molecular formula is C26H27N5O3S. The Kier molecular flexibility index (Phi) is 5.88. The third-order valence-corrected chi connectivity index (χ3v) is 7.56. The molecule has 0 radical (unpaired) electrons. The molecule has 0 unspecified atom stereocenters. The fraction of sp³-hybridized carbons (Fsp3) is 0.308. The molecule has 0 amide bonds. The minimum atomic E-state index is -4.10. The Morgan fingerprint density at radius 1 is 1.11 bits per heavy atom. The molecule has 3 aromatic heterocycles. The predicted octanol–water partition coefficient (Wildman–Crippen LogP) is 4.40. The third-order valence-electron chi connectivity index (χ3n) is 6.21. The van der Waals surface area contributed by atoms with Crippen LogP contribution < -0.4 is 4.72 Å². The van der Waals surface area contributed by atoms with Crippen molar-refractivity contribution in [3.63, 3.8) is 0 Å². The maximum Gasteiger partial charge on any atom is 0.296 e. The zero-order valence-corrected chi connectivity index (χ0v) is 20.8. The number of fused-ring (bicyclic) bond motifs is 1. The number of sulfonamides is 1. The molecule has 0 saturated heterocycles. The Labute approximate surface area is 204 Å². The summed E-state index contributed by atoms with van der Waals surface area (Å²) in [4.78, 5) is 26.1. The number of imidazole rings is 1. The first-order valence-electron chi connectivity index (χ1n) is 11.7. The summed E-state index contributed by atoms with van der Waals surface area (Å²) in [6.07, 6.45) is 3.65. The van der Waals surface area contributed by atoms with Gasteiger partial charge in [-0.3, -0.25) is 14.5 Å². The number of anilines is 1. The highest BCUT2D eigenvalue weighted by molar-refractivity contribution is 8.07. The second kappa shape index (κ2) is 8.88. The number of rotatable bonds is 7. The van der Waals surface area contributed by atoms with Crippen LogP contribution in [-0.2, 0) is 27.8 Å². The lowest BCUT2D eigenvalue weighted by Crippen LogP contribution is -2.24. The number of aromatic nitrogens is 4. The number of carbonyl (C=O) groups is 1. The van der Waals surface area contributed by atoms with Gasteiger partial charge in [-0.2, -0.15) is 8.42 Å². The van der Waals surface area contributed by atoms with E-state index in [1.165, 1.54) is 0 Å². The molecule has 9 heteroatoms. The SMILES string of the molecule is CCc1nc2c(C)cc(C)nc2n1Cc1ccc(-c2ncccc2NS(=O)(=O)C(=O)C2CC2)cc1. The molecule has 1 fully saturated rings. The standard InChI is InChI=1S/C26H27N5O3S/c1-4-22-29-23-16(2)14-17(3)28-25(23)31(22)15-18-7-9-19(10-8-18)24-21(6-5-13-27-24)30-35(33,34)26(32)20-11-12-20/h5-10,13-14,20,30H,4,11-12,15H2,1-3H3. The fourth-order valence-corrected chi connectivity index (χ4v) is 5.52. The lowest BCUT2D eigenvalue weighted by molar-refractivity contribution is -0.112. The number of hydrogen-bond acceptors (Lipinski definition) is 6. The van der Waals surface area contributed by atoms with Crippen LogP contribution in [0.1, 0.15) is 42.4 Å². The summed E-state index contributed by atoms with van der Waals surface area (Å²) in [5, 5.41) is -0.749. The second-order valence-electron chi connectivity index (χ2n) is 9.02. The maximum absolute atomic E-state index is 12.5. The van der Waals surface area contributed by atoms with Gasteiger partial charge in [-0.15, -0.1) is 0 Å². The van der Waals surface area contributed by atoms with E-state index >= 15 is 0 Å². The molecule has 5 rings (SSSR count). The molecule has 0 bridgehead atoms. The van der Waals surface area contributed by atoms with Crippen LogP contribution in [-0.4, -0.2) is 33.1 Å². The molecule has 1 aliphatic rings. The minimum Gasteiger partial charge on any atom is -0.308 e. The van der Waals surface area contributed by atoms with E-state index in [4.69, 9.17) is 9.97 Å². The van der Waals surface area contributed by atoms with E-state index in [9.17, 15) is 13.2 Å². The smallest absolute Gasteiger partial charge is 0.296 e. The molecule has 4 aromatic rings.